The molecule has 140 valence electrons. The molecule has 1 amide bonds. The number of rotatable bonds is 6. The van der Waals surface area contributed by atoms with Gasteiger partial charge in [0.25, 0.3) is 5.22 Å². The molecule has 1 unspecified atom stereocenters. The minimum absolute atomic E-state index is 0.171. The zero-order chi connectivity index (χ0) is 19.4. The van der Waals surface area contributed by atoms with Gasteiger partial charge in [-0.2, -0.15) is 0 Å². The number of carbonyl (C=O) groups excluding carboxylic acids is 1. The average molecular weight is 383 g/mol. The van der Waals surface area contributed by atoms with Crippen molar-refractivity contribution in [2.75, 3.05) is 12.4 Å². The monoisotopic (exact) mass is 383 g/mol. The fraction of sp³-hybridized carbons (Fsp3) is 0.250. The summed E-state index contributed by atoms with van der Waals surface area (Å²) in [5.41, 5.74) is 3.75. The summed E-state index contributed by atoms with van der Waals surface area (Å²) in [5.74, 6) is 0.884. The number of para-hydroxylation sites is 2. The molecule has 0 spiro atoms. The first-order valence-electron chi connectivity index (χ1n) is 8.49. The van der Waals surface area contributed by atoms with Crippen LogP contribution < -0.4 is 10.1 Å². The van der Waals surface area contributed by atoms with Gasteiger partial charge in [0.1, 0.15) is 5.75 Å². The van der Waals surface area contributed by atoms with Crippen LogP contribution in [0.3, 0.4) is 0 Å². The second-order valence-corrected chi connectivity index (χ2v) is 7.49. The van der Waals surface area contributed by atoms with Crippen LogP contribution in [0.15, 0.2) is 52.1 Å². The minimum Gasteiger partial charge on any atom is -0.495 e. The van der Waals surface area contributed by atoms with Crippen molar-refractivity contribution in [1.82, 2.24) is 10.2 Å². The number of nitrogens with zero attached hydrogens (tertiary/aromatic N) is 2. The van der Waals surface area contributed by atoms with E-state index in [2.05, 4.69) is 21.6 Å². The van der Waals surface area contributed by atoms with Crippen molar-refractivity contribution in [3.8, 4) is 17.2 Å². The maximum atomic E-state index is 12.5. The molecule has 0 aliphatic rings. The second-order valence-electron chi connectivity index (χ2n) is 6.20. The number of carbonyl (C=O) groups is 1. The number of anilines is 1. The Morgan fingerprint density at radius 2 is 1.85 bits per heavy atom. The summed E-state index contributed by atoms with van der Waals surface area (Å²) in [6, 6.07) is 13.3. The van der Waals surface area contributed by atoms with Crippen LogP contribution in [-0.4, -0.2) is 28.5 Å². The van der Waals surface area contributed by atoms with Crippen LogP contribution in [0.1, 0.15) is 18.1 Å². The molecule has 0 aliphatic heterocycles. The standard InChI is InChI=1S/C20H21N3O3S/c1-12-9-13(2)11-15(10-12)19-22-23-20(26-19)27-14(3)18(24)21-16-7-5-6-8-17(16)25-4/h5-11,14H,1-4H3,(H,21,24). The molecule has 1 aromatic heterocycles. The van der Waals surface area contributed by atoms with Crippen LogP contribution in [0.4, 0.5) is 5.69 Å². The minimum atomic E-state index is -0.414. The highest BCUT2D eigenvalue weighted by molar-refractivity contribution is 8.00. The Balaban J connectivity index is 1.68. The molecule has 0 saturated heterocycles. The highest BCUT2D eigenvalue weighted by Gasteiger charge is 2.20. The summed E-state index contributed by atoms with van der Waals surface area (Å²) in [7, 11) is 1.57. The largest absolute Gasteiger partial charge is 0.495 e. The van der Waals surface area contributed by atoms with E-state index in [0.29, 0.717) is 22.6 Å². The number of amides is 1. The first kappa shape index (κ1) is 19.0. The second kappa shape index (κ2) is 8.26. The van der Waals surface area contributed by atoms with Gasteiger partial charge in [0.05, 0.1) is 18.0 Å². The van der Waals surface area contributed by atoms with E-state index >= 15 is 0 Å². The normalized spacial score (nSPS) is 11.9. The molecule has 3 aromatic rings. The molecule has 0 saturated carbocycles. The zero-order valence-electron chi connectivity index (χ0n) is 15.6. The number of methoxy groups -OCH3 is 1. The summed E-state index contributed by atoms with van der Waals surface area (Å²) in [6.45, 7) is 5.83. The van der Waals surface area contributed by atoms with Crippen LogP contribution in [0, 0.1) is 13.8 Å². The molecule has 27 heavy (non-hydrogen) atoms. The Morgan fingerprint density at radius 1 is 1.15 bits per heavy atom. The van der Waals surface area contributed by atoms with Crippen molar-refractivity contribution in [3.05, 3.63) is 53.6 Å². The zero-order valence-corrected chi connectivity index (χ0v) is 16.5. The Morgan fingerprint density at radius 3 is 2.56 bits per heavy atom. The molecule has 2 aromatic carbocycles. The SMILES string of the molecule is COc1ccccc1NC(=O)C(C)Sc1nnc(-c2cc(C)cc(C)c2)o1. The lowest BCUT2D eigenvalue weighted by Crippen LogP contribution is -2.22. The first-order chi connectivity index (χ1) is 13.0. The fourth-order valence-electron chi connectivity index (χ4n) is 2.66. The van der Waals surface area contributed by atoms with Crippen LogP contribution in [-0.2, 0) is 4.79 Å². The smallest absolute Gasteiger partial charge is 0.277 e. The van der Waals surface area contributed by atoms with E-state index in [9.17, 15) is 4.79 Å². The maximum absolute atomic E-state index is 12.5. The van der Waals surface area contributed by atoms with Crippen molar-refractivity contribution >= 4 is 23.4 Å². The first-order valence-corrected chi connectivity index (χ1v) is 9.37. The third-order valence-corrected chi connectivity index (χ3v) is 4.82. The van der Waals surface area contributed by atoms with E-state index < -0.39 is 5.25 Å². The van der Waals surface area contributed by atoms with Crippen molar-refractivity contribution < 1.29 is 13.9 Å². The van der Waals surface area contributed by atoms with E-state index in [1.54, 1.807) is 26.2 Å². The average Bonchev–Trinajstić information content (AvgIpc) is 3.10. The summed E-state index contributed by atoms with van der Waals surface area (Å²) in [4.78, 5) is 12.5. The summed E-state index contributed by atoms with van der Waals surface area (Å²) < 4.78 is 11.0. The molecule has 6 nitrogen and oxygen atoms in total. The van der Waals surface area contributed by atoms with Gasteiger partial charge in [0.15, 0.2) is 0 Å². The predicted octanol–water partition coefficient (Wildman–Crippen LogP) is 4.48. The van der Waals surface area contributed by atoms with Gasteiger partial charge in [-0.3, -0.25) is 4.79 Å². The number of hydrogen-bond donors (Lipinski definition) is 1. The summed E-state index contributed by atoms with van der Waals surface area (Å²) in [6.07, 6.45) is 0. The Hall–Kier alpha value is -2.80. The highest BCUT2D eigenvalue weighted by Crippen LogP contribution is 2.29. The van der Waals surface area contributed by atoms with E-state index in [1.807, 2.05) is 38.1 Å². The van der Waals surface area contributed by atoms with Crippen LogP contribution in [0.2, 0.25) is 0 Å². The van der Waals surface area contributed by atoms with Gasteiger partial charge >= 0.3 is 0 Å². The van der Waals surface area contributed by atoms with Crippen molar-refractivity contribution in [2.45, 2.75) is 31.2 Å². The third kappa shape index (κ3) is 4.68. The highest BCUT2D eigenvalue weighted by atomic mass is 32.2. The van der Waals surface area contributed by atoms with E-state index in [0.717, 1.165) is 16.7 Å². The molecule has 1 heterocycles. The molecule has 0 bridgehead atoms. The lowest BCUT2D eigenvalue weighted by molar-refractivity contribution is -0.115. The molecule has 1 atom stereocenters. The maximum Gasteiger partial charge on any atom is 0.277 e. The third-order valence-electron chi connectivity index (χ3n) is 3.89. The number of benzene rings is 2. The molecule has 0 radical (unpaired) electrons. The molecule has 7 heteroatoms. The Kier molecular flexibility index (Phi) is 5.81. The van der Waals surface area contributed by atoms with Gasteiger partial charge in [-0.1, -0.05) is 41.1 Å². The van der Waals surface area contributed by atoms with Gasteiger partial charge in [-0.05, 0) is 45.0 Å². The lowest BCUT2D eigenvalue weighted by Gasteiger charge is -2.12. The lowest BCUT2D eigenvalue weighted by atomic mass is 10.1. The van der Waals surface area contributed by atoms with Crippen LogP contribution >= 0.6 is 11.8 Å². The van der Waals surface area contributed by atoms with Gasteiger partial charge in [0, 0.05) is 5.56 Å². The van der Waals surface area contributed by atoms with Gasteiger partial charge in [-0.15, -0.1) is 10.2 Å². The quantitative estimate of drug-likeness (QED) is 0.632. The molecule has 3 rings (SSSR count). The number of nitrogens with one attached hydrogen (secondary N) is 1. The Labute approximate surface area is 162 Å². The van der Waals surface area contributed by atoms with Crippen molar-refractivity contribution in [2.24, 2.45) is 0 Å². The molecule has 0 fully saturated rings. The number of hydrogen-bond acceptors (Lipinski definition) is 6. The summed E-state index contributed by atoms with van der Waals surface area (Å²) in [5, 5.41) is 11.0. The number of aryl methyl sites for hydroxylation is 2. The number of thioether (sulfide) groups is 1. The van der Waals surface area contributed by atoms with Crippen LogP contribution in [0.5, 0.6) is 5.75 Å². The topological polar surface area (TPSA) is 77.2 Å². The molecular formula is C20H21N3O3S. The molecule has 0 aliphatic carbocycles. The Bertz CT molecular complexity index is 935. The fourth-order valence-corrected chi connectivity index (χ4v) is 3.34. The van der Waals surface area contributed by atoms with E-state index in [1.165, 1.54) is 11.8 Å². The van der Waals surface area contributed by atoms with E-state index in [4.69, 9.17) is 9.15 Å². The van der Waals surface area contributed by atoms with Gasteiger partial charge < -0.3 is 14.5 Å². The van der Waals surface area contributed by atoms with Crippen molar-refractivity contribution in [1.29, 1.82) is 0 Å². The van der Waals surface area contributed by atoms with Crippen LogP contribution in [0.25, 0.3) is 11.5 Å². The molecular weight excluding hydrogens is 362 g/mol. The number of aromatic nitrogens is 2. The molecule has 1 N–H and O–H groups in total. The van der Waals surface area contributed by atoms with Crippen molar-refractivity contribution in [3.63, 3.8) is 0 Å². The van der Waals surface area contributed by atoms with Gasteiger partial charge in [0.2, 0.25) is 11.8 Å². The van der Waals surface area contributed by atoms with E-state index in [-0.39, 0.29) is 5.91 Å². The van der Waals surface area contributed by atoms with Gasteiger partial charge in [-0.25, -0.2) is 0 Å². The summed E-state index contributed by atoms with van der Waals surface area (Å²) >= 11 is 1.22. The number of ether oxygens (including phenoxy) is 1. The predicted molar refractivity (Wildman–Crippen MR) is 106 cm³/mol.